The second-order valence-corrected chi connectivity index (χ2v) is 7.09. The lowest BCUT2D eigenvalue weighted by Crippen LogP contribution is -2.37. The van der Waals surface area contributed by atoms with Crippen LogP contribution in [0.5, 0.6) is 0 Å². The normalized spacial score (nSPS) is 22.1. The van der Waals surface area contributed by atoms with Crippen LogP contribution in [0.1, 0.15) is 64.6 Å². The van der Waals surface area contributed by atoms with E-state index in [1.54, 1.807) is 7.11 Å². The third-order valence-electron chi connectivity index (χ3n) is 5.05. The van der Waals surface area contributed by atoms with Crippen molar-refractivity contribution >= 4 is 0 Å². The first-order valence-electron chi connectivity index (χ1n) is 8.03. The lowest BCUT2D eigenvalue weighted by Gasteiger charge is -2.40. The standard InChI is InChI=1S/C16H29N3O2/c1-5-12(11-17)10-13-18-14(19-21-13)16(20-4)8-6-15(2,3)7-9-16/h12H,5-11,17H2,1-4H3. The first-order valence-corrected chi connectivity index (χ1v) is 8.03. The van der Waals surface area contributed by atoms with Crippen molar-refractivity contribution in [3.8, 4) is 0 Å². The Morgan fingerprint density at radius 2 is 1.95 bits per heavy atom. The molecule has 1 saturated carbocycles. The SMILES string of the molecule is CCC(CN)Cc1nc(C2(OC)CCC(C)(C)CC2)no1. The van der Waals surface area contributed by atoms with E-state index in [-0.39, 0.29) is 5.60 Å². The molecule has 1 heterocycles. The molecule has 0 saturated heterocycles. The number of nitrogens with two attached hydrogens (primary N) is 1. The Hall–Kier alpha value is -0.940. The average molecular weight is 295 g/mol. The largest absolute Gasteiger partial charge is 0.370 e. The van der Waals surface area contributed by atoms with Gasteiger partial charge in [-0.15, -0.1) is 0 Å². The number of hydrogen-bond donors (Lipinski definition) is 1. The predicted octanol–water partition coefficient (Wildman–Crippen LogP) is 3.04. The van der Waals surface area contributed by atoms with Gasteiger partial charge in [-0.25, -0.2) is 0 Å². The molecule has 1 atom stereocenters. The summed E-state index contributed by atoms with van der Waals surface area (Å²) in [6.07, 6.45) is 5.91. The Kier molecular flexibility index (Phi) is 5.04. The summed E-state index contributed by atoms with van der Waals surface area (Å²) in [6, 6.07) is 0. The second-order valence-electron chi connectivity index (χ2n) is 7.09. The fourth-order valence-electron chi connectivity index (χ4n) is 3.01. The molecule has 1 unspecified atom stereocenters. The van der Waals surface area contributed by atoms with E-state index in [0.29, 0.717) is 29.6 Å². The highest BCUT2D eigenvalue weighted by Gasteiger charge is 2.43. The molecule has 21 heavy (non-hydrogen) atoms. The zero-order valence-corrected chi connectivity index (χ0v) is 13.8. The molecule has 5 nitrogen and oxygen atoms in total. The summed E-state index contributed by atoms with van der Waals surface area (Å²) in [6.45, 7) is 7.40. The number of nitrogens with zero attached hydrogens (tertiary/aromatic N) is 2. The molecule has 1 fully saturated rings. The quantitative estimate of drug-likeness (QED) is 0.873. The summed E-state index contributed by atoms with van der Waals surface area (Å²) >= 11 is 0. The molecule has 1 aromatic heterocycles. The van der Waals surface area contributed by atoms with Gasteiger partial charge in [0.25, 0.3) is 0 Å². The number of hydrogen-bond acceptors (Lipinski definition) is 5. The third-order valence-corrected chi connectivity index (χ3v) is 5.05. The summed E-state index contributed by atoms with van der Waals surface area (Å²) in [4.78, 5) is 4.60. The molecular weight excluding hydrogens is 266 g/mol. The highest BCUT2D eigenvalue weighted by atomic mass is 16.5. The van der Waals surface area contributed by atoms with Gasteiger partial charge >= 0.3 is 0 Å². The monoisotopic (exact) mass is 295 g/mol. The zero-order valence-electron chi connectivity index (χ0n) is 13.8. The lowest BCUT2D eigenvalue weighted by molar-refractivity contribution is -0.0740. The molecule has 1 aliphatic rings. The minimum absolute atomic E-state index is 0.373. The van der Waals surface area contributed by atoms with Crippen LogP contribution in [-0.2, 0) is 16.8 Å². The van der Waals surface area contributed by atoms with Crippen LogP contribution in [-0.4, -0.2) is 23.8 Å². The topological polar surface area (TPSA) is 74.2 Å². The molecule has 0 spiro atoms. The van der Waals surface area contributed by atoms with Crippen LogP contribution in [0, 0.1) is 11.3 Å². The number of ether oxygens (including phenoxy) is 1. The van der Waals surface area contributed by atoms with E-state index in [2.05, 4.69) is 30.9 Å². The maximum atomic E-state index is 5.82. The zero-order chi connectivity index (χ0) is 15.5. The summed E-state index contributed by atoms with van der Waals surface area (Å²) in [5, 5.41) is 4.20. The fraction of sp³-hybridized carbons (Fsp3) is 0.875. The smallest absolute Gasteiger partial charge is 0.227 e. The van der Waals surface area contributed by atoms with E-state index in [1.165, 1.54) is 0 Å². The van der Waals surface area contributed by atoms with Gasteiger partial charge in [-0.1, -0.05) is 32.3 Å². The van der Waals surface area contributed by atoms with Crippen LogP contribution in [0.15, 0.2) is 4.52 Å². The number of methoxy groups -OCH3 is 1. The Labute approximate surface area is 127 Å². The van der Waals surface area contributed by atoms with E-state index < -0.39 is 0 Å². The molecule has 0 aliphatic heterocycles. The van der Waals surface area contributed by atoms with Crippen molar-refractivity contribution in [1.82, 2.24) is 10.1 Å². The van der Waals surface area contributed by atoms with Crippen molar-refractivity contribution in [2.24, 2.45) is 17.1 Å². The highest BCUT2D eigenvalue weighted by molar-refractivity contribution is 5.05. The Bertz CT molecular complexity index is 442. The Morgan fingerprint density at radius 1 is 1.29 bits per heavy atom. The Morgan fingerprint density at radius 3 is 2.48 bits per heavy atom. The number of rotatable bonds is 6. The second kappa shape index (κ2) is 6.44. The van der Waals surface area contributed by atoms with Gasteiger partial charge in [0.05, 0.1) is 0 Å². The predicted molar refractivity (Wildman–Crippen MR) is 81.8 cm³/mol. The molecule has 0 aromatic carbocycles. The van der Waals surface area contributed by atoms with Gasteiger partial charge in [0.15, 0.2) is 0 Å². The maximum absolute atomic E-state index is 5.82. The van der Waals surface area contributed by atoms with Crippen molar-refractivity contribution in [1.29, 1.82) is 0 Å². The molecule has 0 radical (unpaired) electrons. The third kappa shape index (κ3) is 3.64. The van der Waals surface area contributed by atoms with E-state index in [9.17, 15) is 0 Å². The molecule has 1 aliphatic carbocycles. The summed E-state index contributed by atoms with van der Waals surface area (Å²) in [5.41, 5.74) is 5.75. The maximum Gasteiger partial charge on any atom is 0.227 e. The first kappa shape index (κ1) is 16.4. The van der Waals surface area contributed by atoms with Gasteiger partial charge in [0, 0.05) is 13.5 Å². The molecule has 0 amide bonds. The highest BCUT2D eigenvalue weighted by Crippen LogP contribution is 2.46. The van der Waals surface area contributed by atoms with Crippen molar-refractivity contribution in [3.63, 3.8) is 0 Å². The lowest BCUT2D eigenvalue weighted by atomic mass is 9.70. The average Bonchev–Trinajstić information content (AvgIpc) is 2.94. The van der Waals surface area contributed by atoms with Crippen molar-refractivity contribution in [2.75, 3.05) is 13.7 Å². The van der Waals surface area contributed by atoms with Crippen LogP contribution in [0.4, 0.5) is 0 Å². The summed E-state index contributed by atoms with van der Waals surface area (Å²) in [5.74, 6) is 1.80. The minimum atomic E-state index is -0.373. The fourth-order valence-corrected chi connectivity index (χ4v) is 3.01. The van der Waals surface area contributed by atoms with Crippen molar-refractivity contribution < 1.29 is 9.26 Å². The molecule has 0 bridgehead atoms. The van der Waals surface area contributed by atoms with Gasteiger partial charge < -0.3 is 15.0 Å². The van der Waals surface area contributed by atoms with Gasteiger partial charge in [0.1, 0.15) is 5.60 Å². The minimum Gasteiger partial charge on any atom is -0.370 e. The van der Waals surface area contributed by atoms with E-state index in [0.717, 1.165) is 38.5 Å². The molecular formula is C16H29N3O2. The molecule has 120 valence electrons. The number of aromatic nitrogens is 2. The molecule has 1 aromatic rings. The van der Waals surface area contributed by atoms with E-state index in [1.807, 2.05) is 0 Å². The molecule has 2 rings (SSSR count). The van der Waals surface area contributed by atoms with E-state index in [4.69, 9.17) is 15.0 Å². The van der Waals surface area contributed by atoms with Crippen molar-refractivity contribution in [3.05, 3.63) is 11.7 Å². The Balaban J connectivity index is 2.11. The molecule has 5 heteroatoms. The summed E-state index contributed by atoms with van der Waals surface area (Å²) in [7, 11) is 1.75. The summed E-state index contributed by atoms with van der Waals surface area (Å²) < 4.78 is 11.3. The first-order chi connectivity index (χ1) is 9.94. The molecule has 2 N–H and O–H groups in total. The van der Waals surface area contributed by atoms with Crippen LogP contribution < -0.4 is 5.73 Å². The van der Waals surface area contributed by atoms with E-state index >= 15 is 0 Å². The van der Waals surface area contributed by atoms with Gasteiger partial charge in [-0.2, -0.15) is 4.98 Å². The van der Waals surface area contributed by atoms with Gasteiger partial charge in [-0.3, -0.25) is 0 Å². The van der Waals surface area contributed by atoms with Crippen LogP contribution >= 0.6 is 0 Å². The van der Waals surface area contributed by atoms with Crippen LogP contribution in [0.25, 0.3) is 0 Å². The van der Waals surface area contributed by atoms with Crippen LogP contribution in [0.3, 0.4) is 0 Å². The van der Waals surface area contributed by atoms with Gasteiger partial charge in [0.2, 0.25) is 11.7 Å². The van der Waals surface area contributed by atoms with Gasteiger partial charge in [-0.05, 0) is 43.6 Å². The van der Waals surface area contributed by atoms with Crippen LogP contribution in [0.2, 0.25) is 0 Å². The van der Waals surface area contributed by atoms with Crippen molar-refractivity contribution in [2.45, 2.75) is 64.9 Å².